The molecule has 0 heterocycles. The molecule has 1 atom stereocenters. The minimum Gasteiger partial charge on any atom is -0.497 e. The fourth-order valence-corrected chi connectivity index (χ4v) is 2.79. The summed E-state index contributed by atoms with van der Waals surface area (Å²) < 4.78 is 5.23. The highest BCUT2D eigenvalue weighted by molar-refractivity contribution is 5.97. The van der Waals surface area contributed by atoms with Crippen molar-refractivity contribution >= 4 is 22.6 Å². The lowest BCUT2D eigenvalue weighted by atomic mass is 10.1. The molecule has 3 rings (SSSR count). The number of amides is 2. The Bertz CT molecular complexity index is 954. The van der Waals surface area contributed by atoms with Gasteiger partial charge in [-0.2, -0.15) is 0 Å². The van der Waals surface area contributed by atoms with Gasteiger partial charge in [-0.05, 0) is 53.6 Å². The van der Waals surface area contributed by atoms with Crippen LogP contribution >= 0.6 is 0 Å². The van der Waals surface area contributed by atoms with Crippen molar-refractivity contribution in [1.82, 2.24) is 10.6 Å². The minimum atomic E-state index is -0.623. The number of ether oxygens (including phenoxy) is 1. The van der Waals surface area contributed by atoms with Crippen LogP contribution in [-0.4, -0.2) is 25.0 Å². The molecule has 0 spiro atoms. The summed E-state index contributed by atoms with van der Waals surface area (Å²) in [6.07, 6.45) is 0. The van der Waals surface area contributed by atoms with Crippen LogP contribution < -0.4 is 15.4 Å². The van der Waals surface area contributed by atoms with Crippen LogP contribution in [0, 0.1) is 0 Å². The number of hydrogen-bond donors (Lipinski definition) is 2. The first kappa shape index (κ1) is 18.5. The summed E-state index contributed by atoms with van der Waals surface area (Å²) >= 11 is 0. The van der Waals surface area contributed by atoms with Crippen molar-refractivity contribution in [2.75, 3.05) is 7.11 Å². The average molecular weight is 362 g/mol. The number of benzene rings is 3. The van der Waals surface area contributed by atoms with E-state index >= 15 is 0 Å². The molecule has 5 heteroatoms. The Balaban J connectivity index is 1.58. The molecule has 0 aliphatic carbocycles. The lowest BCUT2D eigenvalue weighted by Crippen LogP contribution is -2.44. The molecule has 138 valence electrons. The third-order valence-corrected chi connectivity index (χ3v) is 4.36. The van der Waals surface area contributed by atoms with Crippen molar-refractivity contribution in [3.63, 3.8) is 0 Å². The van der Waals surface area contributed by atoms with Gasteiger partial charge in [-0.1, -0.05) is 36.4 Å². The van der Waals surface area contributed by atoms with Crippen LogP contribution in [0.15, 0.2) is 66.7 Å². The molecule has 0 saturated heterocycles. The van der Waals surface area contributed by atoms with E-state index < -0.39 is 6.04 Å². The van der Waals surface area contributed by atoms with Crippen molar-refractivity contribution in [3.8, 4) is 5.75 Å². The number of nitrogens with one attached hydrogen (secondary N) is 2. The molecule has 3 aromatic carbocycles. The number of methoxy groups -OCH3 is 1. The summed E-state index contributed by atoms with van der Waals surface area (Å²) in [5, 5.41) is 7.73. The molecule has 0 radical (unpaired) electrons. The molecule has 0 bridgehead atoms. The molecular weight excluding hydrogens is 340 g/mol. The van der Waals surface area contributed by atoms with Crippen LogP contribution in [0.25, 0.3) is 10.8 Å². The molecule has 2 amide bonds. The van der Waals surface area contributed by atoms with E-state index in [1.54, 1.807) is 38.3 Å². The van der Waals surface area contributed by atoms with E-state index in [2.05, 4.69) is 10.6 Å². The van der Waals surface area contributed by atoms with Crippen LogP contribution in [0.3, 0.4) is 0 Å². The summed E-state index contributed by atoms with van der Waals surface area (Å²) in [6.45, 7) is 2.06. The predicted molar refractivity (Wildman–Crippen MR) is 106 cm³/mol. The van der Waals surface area contributed by atoms with Gasteiger partial charge in [0.2, 0.25) is 5.91 Å². The highest BCUT2D eigenvalue weighted by Crippen LogP contribution is 2.21. The van der Waals surface area contributed by atoms with Crippen LogP contribution in [0.1, 0.15) is 22.8 Å². The zero-order valence-corrected chi connectivity index (χ0v) is 15.4. The Morgan fingerprint density at radius 3 is 2.41 bits per heavy atom. The third-order valence-electron chi connectivity index (χ3n) is 4.36. The van der Waals surface area contributed by atoms with E-state index in [0.717, 1.165) is 22.1 Å². The van der Waals surface area contributed by atoms with Gasteiger partial charge in [0, 0.05) is 12.1 Å². The van der Waals surface area contributed by atoms with Crippen LogP contribution in [-0.2, 0) is 11.3 Å². The summed E-state index contributed by atoms with van der Waals surface area (Å²) in [4.78, 5) is 24.4. The molecule has 0 aliphatic rings. The maximum Gasteiger partial charge on any atom is 0.251 e. The zero-order valence-electron chi connectivity index (χ0n) is 15.4. The zero-order chi connectivity index (χ0) is 19.2. The van der Waals surface area contributed by atoms with Crippen LogP contribution in [0.2, 0.25) is 0 Å². The third kappa shape index (κ3) is 4.64. The predicted octanol–water partition coefficient (Wildman–Crippen LogP) is 3.28. The van der Waals surface area contributed by atoms with Crippen molar-refractivity contribution < 1.29 is 14.3 Å². The lowest BCUT2D eigenvalue weighted by molar-refractivity contribution is -0.122. The molecule has 2 N–H and O–H groups in total. The van der Waals surface area contributed by atoms with Crippen molar-refractivity contribution in [3.05, 3.63) is 77.9 Å². The average Bonchev–Trinajstić information content (AvgIpc) is 2.71. The highest BCUT2D eigenvalue weighted by atomic mass is 16.5. The van der Waals surface area contributed by atoms with Crippen molar-refractivity contribution in [1.29, 1.82) is 0 Å². The second kappa shape index (κ2) is 8.36. The maximum absolute atomic E-state index is 12.3. The largest absolute Gasteiger partial charge is 0.497 e. The monoisotopic (exact) mass is 362 g/mol. The molecule has 0 aromatic heterocycles. The molecule has 27 heavy (non-hydrogen) atoms. The number of carbonyl (C=O) groups is 2. The first-order valence-electron chi connectivity index (χ1n) is 8.77. The first-order chi connectivity index (χ1) is 13.1. The standard InChI is InChI=1S/C22H22N2O3/c1-15(24-22(26)17-6-4-3-5-7-17)21(25)23-14-16-8-9-19-13-20(27-2)11-10-18(19)12-16/h3-13,15H,14H2,1-2H3,(H,23,25)(H,24,26). The van der Waals surface area contributed by atoms with Gasteiger partial charge in [0.15, 0.2) is 0 Å². The molecule has 1 unspecified atom stereocenters. The minimum absolute atomic E-state index is 0.228. The first-order valence-corrected chi connectivity index (χ1v) is 8.77. The van der Waals surface area contributed by atoms with Gasteiger partial charge in [-0.25, -0.2) is 0 Å². The van der Waals surface area contributed by atoms with Gasteiger partial charge < -0.3 is 15.4 Å². The molecule has 3 aromatic rings. The van der Waals surface area contributed by atoms with E-state index in [1.807, 2.05) is 42.5 Å². The molecule has 0 saturated carbocycles. The molecule has 0 aliphatic heterocycles. The highest BCUT2D eigenvalue weighted by Gasteiger charge is 2.16. The number of rotatable bonds is 6. The Morgan fingerprint density at radius 2 is 1.67 bits per heavy atom. The summed E-state index contributed by atoms with van der Waals surface area (Å²) in [6, 6.07) is 20.1. The van der Waals surface area contributed by atoms with Gasteiger partial charge in [0.25, 0.3) is 5.91 Å². The lowest BCUT2D eigenvalue weighted by Gasteiger charge is -2.14. The van der Waals surface area contributed by atoms with E-state index in [1.165, 1.54) is 0 Å². The molecule has 5 nitrogen and oxygen atoms in total. The van der Waals surface area contributed by atoms with Gasteiger partial charge in [-0.3, -0.25) is 9.59 Å². The van der Waals surface area contributed by atoms with Crippen molar-refractivity contribution in [2.24, 2.45) is 0 Å². The Hall–Kier alpha value is -3.34. The van der Waals surface area contributed by atoms with E-state index in [4.69, 9.17) is 4.74 Å². The number of carbonyl (C=O) groups excluding carboxylic acids is 2. The van der Waals surface area contributed by atoms with E-state index in [0.29, 0.717) is 12.1 Å². The quantitative estimate of drug-likeness (QED) is 0.707. The topological polar surface area (TPSA) is 67.4 Å². The van der Waals surface area contributed by atoms with E-state index in [-0.39, 0.29) is 11.8 Å². The molecular formula is C22H22N2O3. The van der Waals surface area contributed by atoms with E-state index in [9.17, 15) is 9.59 Å². The maximum atomic E-state index is 12.3. The second-order valence-electron chi connectivity index (χ2n) is 6.33. The van der Waals surface area contributed by atoms with Gasteiger partial charge in [-0.15, -0.1) is 0 Å². The van der Waals surface area contributed by atoms with Crippen molar-refractivity contribution in [2.45, 2.75) is 19.5 Å². The van der Waals surface area contributed by atoms with Gasteiger partial charge >= 0.3 is 0 Å². The van der Waals surface area contributed by atoms with Crippen LogP contribution in [0.5, 0.6) is 5.75 Å². The SMILES string of the molecule is COc1ccc2cc(CNC(=O)C(C)NC(=O)c3ccccc3)ccc2c1. The fourth-order valence-electron chi connectivity index (χ4n) is 2.79. The summed E-state index contributed by atoms with van der Waals surface area (Å²) in [7, 11) is 1.64. The number of fused-ring (bicyclic) bond motifs is 1. The number of hydrogen-bond acceptors (Lipinski definition) is 3. The van der Waals surface area contributed by atoms with Gasteiger partial charge in [0.1, 0.15) is 11.8 Å². The Kier molecular flexibility index (Phi) is 5.71. The normalized spacial score (nSPS) is 11.6. The fraction of sp³-hybridized carbons (Fsp3) is 0.182. The Labute approximate surface area is 158 Å². The summed E-state index contributed by atoms with van der Waals surface area (Å²) in [5.41, 5.74) is 1.52. The smallest absolute Gasteiger partial charge is 0.251 e. The Morgan fingerprint density at radius 1 is 0.963 bits per heavy atom. The van der Waals surface area contributed by atoms with Gasteiger partial charge in [0.05, 0.1) is 7.11 Å². The molecule has 0 fully saturated rings. The second-order valence-corrected chi connectivity index (χ2v) is 6.33. The summed E-state index contributed by atoms with van der Waals surface area (Å²) in [5.74, 6) is 0.318. The van der Waals surface area contributed by atoms with Crippen LogP contribution in [0.4, 0.5) is 0 Å².